The van der Waals surface area contributed by atoms with Crippen molar-refractivity contribution in [3.8, 4) is 5.13 Å². The van der Waals surface area contributed by atoms with E-state index in [9.17, 15) is 0 Å². The summed E-state index contributed by atoms with van der Waals surface area (Å²) in [7, 11) is 0. The molecule has 3 rings (SSSR count). The van der Waals surface area contributed by atoms with Crippen molar-refractivity contribution in [1.29, 1.82) is 0 Å². The van der Waals surface area contributed by atoms with E-state index in [1.54, 1.807) is 10.9 Å². The fourth-order valence-electron chi connectivity index (χ4n) is 1.70. The van der Waals surface area contributed by atoms with Crippen molar-refractivity contribution >= 4 is 28.2 Å². The number of rotatable bonds is 2. The van der Waals surface area contributed by atoms with Crippen LogP contribution in [0.2, 0.25) is 0 Å². The maximum absolute atomic E-state index is 5.83. The lowest BCUT2D eigenvalue weighted by molar-refractivity contribution is 0.837. The van der Waals surface area contributed by atoms with Crippen LogP contribution in [0.5, 0.6) is 0 Å². The molecule has 3 aromatic heterocycles. The summed E-state index contributed by atoms with van der Waals surface area (Å²) in [6, 6.07) is 0. The molecule has 0 unspecified atom stereocenters. The number of aromatic nitrogens is 5. The number of hydrogen-bond acceptors (Lipinski definition) is 5. The molecule has 3 aromatic rings. The second-order valence-electron chi connectivity index (χ2n) is 3.36. The molecule has 6 nitrogen and oxygen atoms in total. The second-order valence-corrected chi connectivity index (χ2v) is 4.24. The maximum Gasteiger partial charge on any atom is 0.212 e. The minimum atomic E-state index is 0.564. The zero-order valence-corrected chi connectivity index (χ0v) is 9.45. The number of anilines is 1. The summed E-state index contributed by atoms with van der Waals surface area (Å²) in [4.78, 5) is 4.22. The smallest absolute Gasteiger partial charge is 0.212 e. The van der Waals surface area contributed by atoms with E-state index in [4.69, 9.17) is 5.73 Å². The van der Waals surface area contributed by atoms with E-state index in [1.807, 2.05) is 12.3 Å². The van der Waals surface area contributed by atoms with Crippen LogP contribution in [0.1, 0.15) is 12.6 Å². The summed E-state index contributed by atoms with van der Waals surface area (Å²) < 4.78 is 1.73. The van der Waals surface area contributed by atoms with Crippen molar-refractivity contribution in [1.82, 2.24) is 25.0 Å². The van der Waals surface area contributed by atoms with Gasteiger partial charge in [-0.25, -0.2) is 4.98 Å². The van der Waals surface area contributed by atoms with Crippen LogP contribution in [0.3, 0.4) is 0 Å². The summed E-state index contributed by atoms with van der Waals surface area (Å²) in [6.07, 6.45) is 2.56. The van der Waals surface area contributed by atoms with Gasteiger partial charge in [0.2, 0.25) is 5.13 Å². The lowest BCUT2D eigenvalue weighted by Gasteiger charge is -1.93. The molecule has 0 aliphatic carbocycles. The molecule has 0 aliphatic heterocycles. The van der Waals surface area contributed by atoms with Crippen molar-refractivity contribution < 1.29 is 0 Å². The lowest BCUT2D eigenvalue weighted by atomic mass is 10.2. The second kappa shape index (κ2) is 3.31. The molecular formula is C9H10N6S. The van der Waals surface area contributed by atoms with Crippen LogP contribution in [0.25, 0.3) is 16.2 Å². The van der Waals surface area contributed by atoms with Gasteiger partial charge in [0.05, 0.1) is 11.1 Å². The van der Waals surface area contributed by atoms with Gasteiger partial charge < -0.3 is 5.73 Å². The zero-order chi connectivity index (χ0) is 11.1. The summed E-state index contributed by atoms with van der Waals surface area (Å²) in [5.74, 6) is 0.564. The third-order valence-electron chi connectivity index (χ3n) is 2.42. The molecule has 0 saturated carbocycles. The van der Waals surface area contributed by atoms with Crippen LogP contribution in [-0.2, 0) is 6.42 Å². The largest absolute Gasteiger partial charge is 0.383 e. The van der Waals surface area contributed by atoms with E-state index in [-0.39, 0.29) is 0 Å². The topological polar surface area (TPSA) is 85.4 Å². The van der Waals surface area contributed by atoms with Crippen LogP contribution < -0.4 is 5.73 Å². The summed E-state index contributed by atoms with van der Waals surface area (Å²) in [5.41, 5.74) is 7.51. The standard InChI is InChI=1S/C9H10N6S/c1-2-5-6-7(10)12-13-8(6)15(14-5)9-11-3-4-16-9/h3-4H,2H2,1H3,(H3,10,12,13). The number of nitrogens with zero attached hydrogens (tertiary/aromatic N) is 4. The summed E-state index contributed by atoms with van der Waals surface area (Å²) >= 11 is 1.52. The number of aryl methyl sites for hydroxylation is 1. The Balaban J connectivity index is 2.34. The molecule has 0 aromatic carbocycles. The van der Waals surface area contributed by atoms with Gasteiger partial charge in [0.1, 0.15) is 5.82 Å². The Bertz CT molecular complexity index is 620. The Kier molecular flexibility index (Phi) is 1.93. The van der Waals surface area contributed by atoms with Crippen LogP contribution in [-0.4, -0.2) is 25.0 Å². The van der Waals surface area contributed by atoms with Gasteiger partial charge in [-0.15, -0.1) is 11.3 Å². The number of hydrogen-bond donors (Lipinski definition) is 2. The fourth-order valence-corrected chi connectivity index (χ4v) is 2.29. The number of fused-ring (bicyclic) bond motifs is 1. The highest BCUT2D eigenvalue weighted by Crippen LogP contribution is 2.25. The Morgan fingerprint density at radius 3 is 3.12 bits per heavy atom. The first-order valence-electron chi connectivity index (χ1n) is 4.92. The molecule has 0 radical (unpaired) electrons. The quantitative estimate of drug-likeness (QED) is 0.700. The highest BCUT2D eigenvalue weighted by molar-refractivity contribution is 7.12. The molecule has 0 saturated heterocycles. The first kappa shape index (κ1) is 9.34. The fraction of sp³-hybridized carbons (Fsp3) is 0.222. The number of nitrogens with one attached hydrogen (secondary N) is 1. The van der Waals surface area contributed by atoms with Crippen LogP contribution in [0.15, 0.2) is 11.6 Å². The average Bonchev–Trinajstić information content (AvgIpc) is 2.96. The predicted molar refractivity (Wildman–Crippen MR) is 62.7 cm³/mol. The van der Waals surface area contributed by atoms with Gasteiger partial charge in [-0.2, -0.15) is 14.9 Å². The molecule has 3 N–H and O–H groups in total. The highest BCUT2D eigenvalue weighted by atomic mass is 32.1. The van der Waals surface area contributed by atoms with Crippen molar-refractivity contribution in [3.63, 3.8) is 0 Å². The van der Waals surface area contributed by atoms with Crippen LogP contribution in [0, 0.1) is 0 Å². The monoisotopic (exact) mass is 234 g/mol. The van der Waals surface area contributed by atoms with Crippen molar-refractivity contribution in [2.45, 2.75) is 13.3 Å². The molecule has 16 heavy (non-hydrogen) atoms. The number of nitrogens with two attached hydrogens (primary N) is 1. The lowest BCUT2D eigenvalue weighted by Crippen LogP contribution is -1.97. The molecule has 0 bridgehead atoms. The van der Waals surface area contributed by atoms with Crippen LogP contribution >= 0.6 is 11.3 Å². The van der Waals surface area contributed by atoms with E-state index >= 15 is 0 Å². The number of nitrogen functional groups attached to an aromatic ring is 1. The van der Waals surface area contributed by atoms with E-state index in [0.29, 0.717) is 5.82 Å². The third-order valence-corrected chi connectivity index (χ3v) is 3.17. The predicted octanol–water partition coefficient (Wildman–Crippen LogP) is 1.35. The normalized spacial score (nSPS) is 11.3. The Morgan fingerprint density at radius 2 is 2.44 bits per heavy atom. The minimum Gasteiger partial charge on any atom is -0.383 e. The molecule has 82 valence electrons. The molecule has 3 heterocycles. The minimum absolute atomic E-state index is 0.564. The van der Waals surface area contributed by atoms with E-state index < -0.39 is 0 Å². The van der Waals surface area contributed by atoms with Gasteiger partial charge in [-0.3, -0.25) is 5.10 Å². The highest BCUT2D eigenvalue weighted by Gasteiger charge is 2.17. The van der Waals surface area contributed by atoms with Crippen molar-refractivity contribution in [2.24, 2.45) is 0 Å². The summed E-state index contributed by atoms with van der Waals surface area (Å²) in [5, 5.41) is 15.0. The molecule has 0 fully saturated rings. The molecule has 0 aliphatic rings. The third kappa shape index (κ3) is 1.15. The molecule has 0 atom stereocenters. The van der Waals surface area contributed by atoms with Gasteiger partial charge >= 0.3 is 0 Å². The van der Waals surface area contributed by atoms with Crippen molar-refractivity contribution in [3.05, 3.63) is 17.3 Å². The maximum atomic E-state index is 5.83. The number of aromatic amines is 1. The van der Waals surface area contributed by atoms with Gasteiger partial charge in [0, 0.05) is 11.6 Å². The van der Waals surface area contributed by atoms with Gasteiger partial charge in [0.15, 0.2) is 5.65 Å². The van der Waals surface area contributed by atoms with E-state index in [1.165, 1.54) is 11.3 Å². The Morgan fingerprint density at radius 1 is 1.56 bits per heavy atom. The van der Waals surface area contributed by atoms with Gasteiger partial charge in [-0.1, -0.05) is 6.92 Å². The zero-order valence-electron chi connectivity index (χ0n) is 8.64. The number of thiazole rings is 1. The molecule has 0 amide bonds. The summed E-state index contributed by atoms with van der Waals surface area (Å²) in [6.45, 7) is 2.04. The van der Waals surface area contributed by atoms with Gasteiger partial charge in [0.25, 0.3) is 0 Å². The molecule has 7 heteroatoms. The Hall–Kier alpha value is -1.89. The first-order valence-corrected chi connectivity index (χ1v) is 5.80. The number of H-pyrrole nitrogens is 1. The van der Waals surface area contributed by atoms with Crippen LogP contribution in [0.4, 0.5) is 5.82 Å². The Labute approximate surface area is 95.1 Å². The van der Waals surface area contributed by atoms with E-state index in [2.05, 4.69) is 20.3 Å². The van der Waals surface area contributed by atoms with E-state index in [0.717, 1.165) is 28.3 Å². The average molecular weight is 234 g/mol. The molecular weight excluding hydrogens is 224 g/mol. The first-order chi connectivity index (χ1) is 7.81. The SMILES string of the molecule is CCc1nn(-c2nccs2)c2n[nH]c(N)c12. The van der Waals surface area contributed by atoms with Crippen molar-refractivity contribution in [2.75, 3.05) is 5.73 Å². The molecule has 0 spiro atoms. The van der Waals surface area contributed by atoms with Gasteiger partial charge in [-0.05, 0) is 6.42 Å².